The maximum Gasteiger partial charge on any atom is 0.396 e. The van der Waals surface area contributed by atoms with Gasteiger partial charge in [-0.2, -0.15) is 18.4 Å². The second-order valence-corrected chi connectivity index (χ2v) is 3.62. The molecule has 1 rings (SSSR count). The van der Waals surface area contributed by atoms with Crippen molar-refractivity contribution in [2.24, 2.45) is 0 Å². The molecule has 0 radical (unpaired) electrons. The Bertz CT molecular complexity index is 493. The fourth-order valence-electron chi connectivity index (χ4n) is 1.55. The van der Waals surface area contributed by atoms with Crippen LogP contribution in [0, 0.1) is 11.3 Å². The Balaban J connectivity index is 3.48. The van der Waals surface area contributed by atoms with E-state index in [-0.39, 0.29) is 5.69 Å². The van der Waals surface area contributed by atoms with Crippen molar-refractivity contribution in [3.63, 3.8) is 0 Å². The predicted molar refractivity (Wildman–Crippen MR) is 55.0 cm³/mol. The van der Waals surface area contributed by atoms with E-state index in [4.69, 9.17) is 5.26 Å². The van der Waals surface area contributed by atoms with Crippen molar-refractivity contribution in [1.82, 2.24) is 4.98 Å². The number of rotatable bonds is 3. The van der Waals surface area contributed by atoms with Crippen LogP contribution in [0.4, 0.5) is 22.0 Å². The molecule has 0 aliphatic heterocycles. The van der Waals surface area contributed by atoms with Gasteiger partial charge in [0.05, 0.1) is 17.0 Å². The molecule has 1 aromatic rings. The molecule has 0 aromatic carbocycles. The molecule has 98 valence electrons. The van der Waals surface area contributed by atoms with E-state index in [0.29, 0.717) is 0 Å². The highest BCUT2D eigenvalue weighted by molar-refractivity contribution is 5.58. The molecule has 0 bridgehead atoms. The first-order chi connectivity index (χ1) is 8.23. The summed E-state index contributed by atoms with van der Waals surface area (Å²) in [5, 5.41) is 8.77. The van der Waals surface area contributed by atoms with Crippen LogP contribution < -0.4 is 0 Å². The van der Waals surface area contributed by atoms with Crippen LogP contribution in [0.1, 0.15) is 41.8 Å². The second-order valence-electron chi connectivity index (χ2n) is 3.62. The zero-order valence-corrected chi connectivity index (χ0v) is 9.28. The minimum absolute atomic E-state index is 0.257. The van der Waals surface area contributed by atoms with E-state index < -0.39 is 35.3 Å². The van der Waals surface area contributed by atoms with E-state index in [0.717, 1.165) is 13.0 Å². The summed E-state index contributed by atoms with van der Waals surface area (Å²) in [4.78, 5) is 2.20. The molecule has 1 atom stereocenters. The van der Waals surface area contributed by atoms with Gasteiger partial charge in [0.1, 0.15) is 6.07 Å². The van der Waals surface area contributed by atoms with Gasteiger partial charge in [-0.05, 0) is 13.0 Å². The predicted octanol–water partition coefficient (Wildman–Crippen LogP) is 4.13. The minimum Gasteiger partial charge on any atom is -0.357 e. The van der Waals surface area contributed by atoms with Crippen molar-refractivity contribution in [3.8, 4) is 6.07 Å². The Morgan fingerprint density at radius 3 is 2.28 bits per heavy atom. The SMILES string of the molecule is C=Cc1[nH]c(C(C)C(F)(F)F)c(C#N)c1C(F)F. The van der Waals surface area contributed by atoms with E-state index in [1.807, 2.05) is 0 Å². The number of alkyl halides is 5. The topological polar surface area (TPSA) is 39.6 Å². The lowest BCUT2D eigenvalue weighted by molar-refractivity contribution is -0.147. The van der Waals surface area contributed by atoms with E-state index in [1.54, 1.807) is 0 Å². The number of halogens is 5. The second kappa shape index (κ2) is 4.80. The molecule has 0 saturated carbocycles. The summed E-state index contributed by atoms with van der Waals surface area (Å²) in [5.41, 5.74) is -2.22. The summed E-state index contributed by atoms with van der Waals surface area (Å²) < 4.78 is 63.1. The molecule has 0 saturated heterocycles. The highest BCUT2D eigenvalue weighted by Gasteiger charge is 2.41. The summed E-state index contributed by atoms with van der Waals surface area (Å²) in [6.45, 7) is 4.03. The lowest BCUT2D eigenvalue weighted by atomic mass is 10.0. The van der Waals surface area contributed by atoms with Gasteiger partial charge in [-0.1, -0.05) is 6.58 Å². The Morgan fingerprint density at radius 1 is 1.39 bits per heavy atom. The van der Waals surface area contributed by atoms with E-state index in [2.05, 4.69) is 11.6 Å². The molecule has 1 unspecified atom stereocenters. The highest BCUT2D eigenvalue weighted by Crippen LogP contribution is 2.39. The van der Waals surface area contributed by atoms with Crippen LogP contribution in [0.2, 0.25) is 0 Å². The molecule has 7 heteroatoms. The third kappa shape index (κ3) is 2.37. The summed E-state index contributed by atoms with van der Waals surface area (Å²) in [7, 11) is 0. The third-order valence-corrected chi connectivity index (χ3v) is 2.56. The van der Waals surface area contributed by atoms with Crippen LogP contribution >= 0.6 is 0 Å². The fourth-order valence-corrected chi connectivity index (χ4v) is 1.55. The molecular weight excluding hydrogens is 255 g/mol. The zero-order chi connectivity index (χ0) is 14.1. The van der Waals surface area contributed by atoms with Crippen LogP contribution in [0.3, 0.4) is 0 Å². The number of nitriles is 1. The number of hydrogen-bond donors (Lipinski definition) is 1. The monoisotopic (exact) mass is 264 g/mol. The van der Waals surface area contributed by atoms with Crippen LogP contribution in [-0.4, -0.2) is 11.2 Å². The lowest BCUT2D eigenvalue weighted by Crippen LogP contribution is -2.19. The molecule has 0 spiro atoms. The van der Waals surface area contributed by atoms with Gasteiger partial charge in [0.25, 0.3) is 6.43 Å². The van der Waals surface area contributed by atoms with Crippen LogP contribution in [0.15, 0.2) is 6.58 Å². The quantitative estimate of drug-likeness (QED) is 0.819. The van der Waals surface area contributed by atoms with Crippen LogP contribution in [0.25, 0.3) is 6.08 Å². The maximum atomic E-state index is 12.7. The average Bonchev–Trinajstić information content (AvgIpc) is 2.64. The molecule has 0 fully saturated rings. The first-order valence-corrected chi connectivity index (χ1v) is 4.87. The Labute approximate surface area is 99.7 Å². The molecule has 0 amide bonds. The van der Waals surface area contributed by atoms with Crippen molar-refractivity contribution >= 4 is 6.08 Å². The maximum absolute atomic E-state index is 12.7. The van der Waals surface area contributed by atoms with Crippen LogP contribution in [-0.2, 0) is 0 Å². The Kier molecular flexibility index (Phi) is 3.79. The number of nitrogens with zero attached hydrogens (tertiary/aromatic N) is 1. The molecule has 0 aliphatic carbocycles. The standard InChI is InChI=1S/C11H9F5N2/c1-3-7-8(10(12)13)6(4-17)9(18-7)5(2)11(14,15)16/h3,5,10,18H,1H2,2H3. The first-order valence-electron chi connectivity index (χ1n) is 4.87. The number of nitrogens with one attached hydrogen (secondary N) is 1. The van der Waals surface area contributed by atoms with Gasteiger partial charge >= 0.3 is 6.18 Å². The van der Waals surface area contributed by atoms with E-state index in [1.165, 1.54) is 6.07 Å². The third-order valence-electron chi connectivity index (χ3n) is 2.56. The normalized spacial score (nSPS) is 13.4. The summed E-state index contributed by atoms with van der Waals surface area (Å²) >= 11 is 0. The summed E-state index contributed by atoms with van der Waals surface area (Å²) in [6.07, 6.45) is -6.69. The molecule has 1 heterocycles. The van der Waals surface area contributed by atoms with Gasteiger partial charge in [-0.15, -0.1) is 0 Å². The van der Waals surface area contributed by atoms with Gasteiger partial charge in [-0.25, -0.2) is 8.78 Å². The number of aromatic nitrogens is 1. The highest BCUT2D eigenvalue weighted by atomic mass is 19.4. The Morgan fingerprint density at radius 2 is 1.94 bits per heavy atom. The van der Waals surface area contributed by atoms with Crippen LogP contribution in [0.5, 0.6) is 0 Å². The molecule has 2 nitrogen and oxygen atoms in total. The first kappa shape index (κ1) is 14.2. The largest absolute Gasteiger partial charge is 0.396 e. The number of hydrogen-bond acceptors (Lipinski definition) is 1. The van der Waals surface area contributed by atoms with Crippen molar-refractivity contribution in [2.75, 3.05) is 0 Å². The van der Waals surface area contributed by atoms with Crippen molar-refractivity contribution < 1.29 is 22.0 Å². The lowest BCUT2D eigenvalue weighted by Gasteiger charge is -2.14. The molecular formula is C11H9F5N2. The summed E-state index contributed by atoms with van der Waals surface area (Å²) in [6, 6.07) is 1.39. The van der Waals surface area contributed by atoms with Crippen molar-refractivity contribution in [3.05, 3.63) is 29.1 Å². The average molecular weight is 264 g/mol. The molecule has 18 heavy (non-hydrogen) atoms. The van der Waals surface area contributed by atoms with Gasteiger partial charge in [-0.3, -0.25) is 0 Å². The van der Waals surface area contributed by atoms with Gasteiger partial charge < -0.3 is 4.98 Å². The number of H-pyrrole nitrogens is 1. The summed E-state index contributed by atoms with van der Waals surface area (Å²) in [5.74, 6) is -2.03. The van der Waals surface area contributed by atoms with E-state index >= 15 is 0 Å². The van der Waals surface area contributed by atoms with Crippen molar-refractivity contribution in [2.45, 2.75) is 25.4 Å². The fraction of sp³-hybridized carbons (Fsp3) is 0.364. The van der Waals surface area contributed by atoms with Gasteiger partial charge in [0.2, 0.25) is 0 Å². The van der Waals surface area contributed by atoms with Gasteiger partial charge in [0.15, 0.2) is 0 Å². The minimum atomic E-state index is -4.62. The number of aromatic amines is 1. The van der Waals surface area contributed by atoms with Crippen molar-refractivity contribution in [1.29, 1.82) is 5.26 Å². The molecule has 1 aromatic heterocycles. The molecule has 1 N–H and O–H groups in total. The zero-order valence-electron chi connectivity index (χ0n) is 9.28. The Hall–Kier alpha value is -1.84. The van der Waals surface area contributed by atoms with E-state index in [9.17, 15) is 22.0 Å². The smallest absolute Gasteiger partial charge is 0.357 e. The van der Waals surface area contributed by atoms with Gasteiger partial charge in [0, 0.05) is 11.4 Å². The molecule has 0 aliphatic rings.